The van der Waals surface area contributed by atoms with Crippen LogP contribution in [0.15, 0.2) is 65.6 Å². The van der Waals surface area contributed by atoms with E-state index in [1.165, 1.54) is 30.7 Å². The summed E-state index contributed by atoms with van der Waals surface area (Å²) < 4.78 is 29.0. The van der Waals surface area contributed by atoms with Crippen LogP contribution in [0.2, 0.25) is 0 Å². The first kappa shape index (κ1) is 25.9. The van der Waals surface area contributed by atoms with Gasteiger partial charge in [-0.1, -0.05) is 38.5 Å². The van der Waals surface area contributed by atoms with Gasteiger partial charge in [-0.05, 0) is 79.5 Å². The van der Waals surface area contributed by atoms with Crippen molar-refractivity contribution in [3.8, 4) is 0 Å². The molecule has 8 heteroatoms. The Hall–Kier alpha value is -3.23. The fourth-order valence-corrected chi connectivity index (χ4v) is 7.19. The summed E-state index contributed by atoms with van der Waals surface area (Å²) in [4.78, 5) is 24.1. The molecule has 7 nitrogen and oxygen atoms in total. The maximum Gasteiger partial charge on any atom is 0.335 e. The maximum absolute atomic E-state index is 13.6. The van der Waals surface area contributed by atoms with Crippen molar-refractivity contribution < 1.29 is 23.1 Å². The van der Waals surface area contributed by atoms with E-state index in [1.807, 2.05) is 6.07 Å². The first-order valence-corrected chi connectivity index (χ1v) is 13.5. The second-order valence-electron chi connectivity index (χ2n) is 9.47. The van der Waals surface area contributed by atoms with Crippen molar-refractivity contribution >= 4 is 38.4 Å². The third kappa shape index (κ3) is 5.01. The van der Waals surface area contributed by atoms with Crippen LogP contribution in [-0.2, 0) is 10.0 Å². The second-order valence-corrected chi connectivity index (χ2v) is 11.4. The number of benzene rings is 3. The molecule has 1 heterocycles. The lowest BCUT2D eigenvalue weighted by Crippen LogP contribution is -2.41. The molecular weight excluding hydrogens is 476 g/mol. The van der Waals surface area contributed by atoms with E-state index in [9.17, 15) is 18.0 Å². The van der Waals surface area contributed by atoms with Gasteiger partial charge in [-0.25, -0.2) is 13.2 Å². The normalized spacial score (nSPS) is 20.2. The summed E-state index contributed by atoms with van der Waals surface area (Å²) in [6.45, 7) is 0.568. The van der Waals surface area contributed by atoms with Crippen molar-refractivity contribution in [2.24, 2.45) is 5.92 Å². The van der Waals surface area contributed by atoms with E-state index in [0.29, 0.717) is 23.7 Å². The Bertz CT molecular complexity index is 1380. The summed E-state index contributed by atoms with van der Waals surface area (Å²) >= 11 is 0. The van der Waals surface area contributed by atoms with Crippen LogP contribution >= 0.6 is 0 Å². The van der Waals surface area contributed by atoms with E-state index < -0.39 is 16.0 Å². The van der Waals surface area contributed by atoms with Crippen molar-refractivity contribution in [1.29, 1.82) is 0 Å². The summed E-state index contributed by atoms with van der Waals surface area (Å²) in [7, 11) is -3.62. The highest BCUT2D eigenvalue weighted by atomic mass is 32.2. The van der Waals surface area contributed by atoms with E-state index in [-0.39, 0.29) is 29.8 Å². The topological polar surface area (TPSA) is 104 Å². The monoisotopic (exact) mass is 506 g/mol. The minimum Gasteiger partial charge on any atom is -0.478 e. The summed E-state index contributed by atoms with van der Waals surface area (Å²) in [6, 6.07) is 16.2. The molecule has 2 aliphatic rings. The molecule has 2 unspecified atom stereocenters. The van der Waals surface area contributed by atoms with Gasteiger partial charge in [0.1, 0.15) is 0 Å². The number of nitrogens with one attached hydrogen (secondary N) is 1. The fourth-order valence-electron chi connectivity index (χ4n) is 5.45. The van der Waals surface area contributed by atoms with Gasteiger partial charge in [-0.2, -0.15) is 4.31 Å². The van der Waals surface area contributed by atoms with Crippen LogP contribution in [-0.4, -0.2) is 42.3 Å². The van der Waals surface area contributed by atoms with Crippen molar-refractivity contribution in [2.45, 2.75) is 49.5 Å². The van der Waals surface area contributed by atoms with Gasteiger partial charge in [0, 0.05) is 29.2 Å². The van der Waals surface area contributed by atoms with Gasteiger partial charge in [0.2, 0.25) is 10.0 Å². The summed E-state index contributed by atoms with van der Waals surface area (Å²) in [5.41, 5.74) is 0.996. The first-order chi connectivity index (χ1) is 16.8. The second kappa shape index (κ2) is 10.4. The Balaban J connectivity index is 0.00000304. The Kier molecular flexibility index (Phi) is 7.47. The fraction of sp³-hybridized carbons (Fsp3) is 0.321. The highest BCUT2D eigenvalue weighted by Gasteiger charge is 2.36. The molecule has 1 aliphatic heterocycles. The molecule has 2 atom stereocenters. The van der Waals surface area contributed by atoms with Crippen molar-refractivity contribution in [1.82, 2.24) is 4.31 Å². The lowest BCUT2D eigenvalue weighted by Gasteiger charge is -2.33. The molecule has 2 N–H and O–H groups in total. The molecule has 1 saturated carbocycles. The van der Waals surface area contributed by atoms with E-state index in [4.69, 9.17) is 5.11 Å². The van der Waals surface area contributed by atoms with Gasteiger partial charge in [-0.3, -0.25) is 4.79 Å². The van der Waals surface area contributed by atoms with E-state index in [1.54, 1.807) is 34.6 Å². The Morgan fingerprint density at radius 1 is 0.917 bits per heavy atom. The van der Waals surface area contributed by atoms with Crippen LogP contribution in [0.1, 0.15) is 59.2 Å². The zero-order chi connectivity index (χ0) is 24.6. The Labute approximate surface area is 212 Å². The standard InChI is InChI=1S/C27H28N2O5S.CH2/c30-26(19-9-11-20(12-10-19)27(31)32)28-25-8-2-6-21-17-23(13-14-24(21)25)35(33,34)29-15-3-5-18-4-1-7-22(29)16-18;/h2,6,8-14,17-18,22H,1,3-5,7,15-16H2,(H,28,30)(H,31,32);1H2. The van der Waals surface area contributed by atoms with Crippen LogP contribution in [0.5, 0.6) is 0 Å². The summed E-state index contributed by atoms with van der Waals surface area (Å²) in [5, 5.41) is 13.4. The third-order valence-electron chi connectivity index (χ3n) is 7.25. The summed E-state index contributed by atoms with van der Waals surface area (Å²) in [6.07, 6.45) is 6.17. The van der Waals surface area contributed by atoms with Crippen LogP contribution in [0.3, 0.4) is 0 Å². The lowest BCUT2D eigenvalue weighted by atomic mass is 9.84. The molecule has 0 spiro atoms. The van der Waals surface area contributed by atoms with Crippen LogP contribution in [0.4, 0.5) is 5.69 Å². The number of hydrogen-bond acceptors (Lipinski definition) is 4. The van der Waals surface area contributed by atoms with Gasteiger partial charge in [0.25, 0.3) is 5.91 Å². The third-order valence-corrected chi connectivity index (χ3v) is 9.20. The number of nitrogens with zero attached hydrogens (tertiary/aromatic N) is 1. The molecule has 188 valence electrons. The minimum atomic E-state index is -3.62. The van der Waals surface area contributed by atoms with Crippen molar-refractivity contribution in [2.75, 3.05) is 11.9 Å². The van der Waals surface area contributed by atoms with Gasteiger partial charge in [0.05, 0.1) is 10.5 Å². The number of carbonyl (C=O) groups is 2. The lowest BCUT2D eigenvalue weighted by molar-refractivity contribution is 0.0696. The van der Waals surface area contributed by atoms with Gasteiger partial charge in [-0.15, -0.1) is 0 Å². The molecule has 5 rings (SSSR count). The quantitative estimate of drug-likeness (QED) is 0.478. The smallest absolute Gasteiger partial charge is 0.335 e. The average molecular weight is 507 g/mol. The number of rotatable bonds is 5. The van der Waals surface area contributed by atoms with Gasteiger partial charge < -0.3 is 10.4 Å². The molecule has 36 heavy (non-hydrogen) atoms. The number of sulfonamides is 1. The molecule has 2 bridgehead atoms. The molecular formula is C28H30N2O5S. The van der Waals surface area contributed by atoms with Crippen molar-refractivity contribution in [3.63, 3.8) is 0 Å². The number of carbonyl (C=O) groups excluding carboxylic acids is 1. The molecule has 1 amide bonds. The van der Waals surface area contributed by atoms with Crippen LogP contribution < -0.4 is 5.32 Å². The summed E-state index contributed by atoms with van der Waals surface area (Å²) in [5.74, 6) is -0.792. The van der Waals surface area contributed by atoms with E-state index in [2.05, 4.69) is 5.32 Å². The largest absolute Gasteiger partial charge is 0.478 e. The van der Waals surface area contributed by atoms with Crippen LogP contribution in [0.25, 0.3) is 10.8 Å². The Morgan fingerprint density at radius 3 is 2.39 bits per heavy atom. The predicted octanol–water partition coefficient (Wildman–Crippen LogP) is 5.46. The molecule has 3 aromatic carbocycles. The zero-order valence-electron chi connectivity index (χ0n) is 20.0. The number of hydrogen-bond donors (Lipinski definition) is 2. The zero-order valence-corrected chi connectivity index (χ0v) is 20.8. The average Bonchev–Trinajstić information content (AvgIpc) is 3.01. The highest BCUT2D eigenvalue weighted by Crippen LogP contribution is 2.37. The molecule has 1 aliphatic carbocycles. The van der Waals surface area contributed by atoms with Gasteiger partial charge in [0.15, 0.2) is 0 Å². The molecule has 2 radical (unpaired) electrons. The molecule has 1 saturated heterocycles. The number of carboxylic acid groups (broad SMARTS) is 1. The number of anilines is 1. The molecule has 0 aromatic heterocycles. The van der Waals surface area contributed by atoms with E-state index in [0.717, 1.165) is 42.9 Å². The minimum absolute atomic E-state index is 0. The van der Waals surface area contributed by atoms with Crippen molar-refractivity contribution in [3.05, 3.63) is 79.2 Å². The van der Waals surface area contributed by atoms with Gasteiger partial charge >= 0.3 is 5.97 Å². The number of carboxylic acids is 1. The predicted molar refractivity (Wildman–Crippen MR) is 140 cm³/mol. The number of amides is 1. The van der Waals surface area contributed by atoms with E-state index >= 15 is 0 Å². The highest BCUT2D eigenvalue weighted by molar-refractivity contribution is 7.89. The Morgan fingerprint density at radius 2 is 1.64 bits per heavy atom. The SMILES string of the molecule is O=C(O)c1ccc(C(=O)Nc2cccc3cc(S(=O)(=O)N4CCCC5CCCC4C5)ccc23)cc1.[CH2]. The van der Waals surface area contributed by atoms with Crippen LogP contribution in [0, 0.1) is 13.3 Å². The number of aromatic carboxylic acids is 1. The first-order valence-electron chi connectivity index (χ1n) is 12.0. The number of fused-ring (bicyclic) bond motifs is 3. The molecule has 3 aromatic rings. The molecule has 2 fully saturated rings. The maximum atomic E-state index is 13.6.